The number of nitrogens with one attached hydrogen (secondary N) is 2. The van der Waals surface area contributed by atoms with Crippen LogP contribution in [0.1, 0.15) is 50.6 Å². The van der Waals surface area contributed by atoms with E-state index in [9.17, 15) is 9.59 Å². The van der Waals surface area contributed by atoms with Gasteiger partial charge in [0.1, 0.15) is 10.8 Å². The van der Waals surface area contributed by atoms with E-state index in [1.807, 2.05) is 57.2 Å². The van der Waals surface area contributed by atoms with Gasteiger partial charge in [-0.15, -0.1) is 11.3 Å². The molecule has 2 aromatic carbocycles. The second-order valence-electron chi connectivity index (χ2n) is 8.13. The maximum absolute atomic E-state index is 13.0. The third kappa shape index (κ3) is 6.65. The lowest BCUT2D eigenvalue weighted by Gasteiger charge is -2.14. The van der Waals surface area contributed by atoms with Crippen LogP contribution in [0, 0.1) is 12.8 Å². The standard InChI is InChI=1S/C25H26BrN3O3S2/c1-14(2)13-32-19-10-9-17(26)12-18(19)23(31)28-25(33)29-24-21(22(27)30)15(3)20(34-24)11-16-7-5-4-6-8-16/h4-10,12,14H,11,13H2,1-3H3,(H2,27,30)(H2,28,29,31,33). The van der Waals surface area contributed by atoms with Gasteiger partial charge in [-0.1, -0.05) is 60.1 Å². The van der Waals surface area contributed by atoms with Crippen LogP contribution in [0.15, 0.2) is 53.0 Å². The predicted molar refractivity (Wildman–Crippen MR) is 145 cm³/mol. The lowest BCUT2D eigenvalue weighted by atomic mass is 10.1. The van der Waals surface area contributed by atoms with E-state index in [4.69, 9.17) is 22.7 Å². The molecule has 3 rings (SSSR count). The molecule has 9 heteroatoms. The molecule has 34 heavy (non-hydrogen) atoms. The molecule has 0 aliphatic heterocycles. The lowest BCUT2D eigenvalue weighted by Crippen LogP contribution is -2.34. The molecule has 6 nitrogen and oxygen atoms in total. The largest absolute Gasteiger partial charge is 0.492 e. The Kier molecular flexibility index (Phi) is 8.82. The predicted octanol–water partition coefficient (Wildman–Crippen LogP) is 5.67. The third-order valence-electron chi connectivity index (χ3n) is 4.91. The highest BCUT2D eigenvalue weighted by Gasteiger charge is 2.21. The van der Waals surface area contributed by atoms with Gasteiger partial charge in [0.2, 0.25) is 0 Å². The second kappa shape index (κ2) is 11.6. The van der Waals surface area contributed by atoms with Crippen LogP contribution in [0.3, 0.4) is 0 Å². The molecule has 3 aromatic rings. The summed E-state index contributed by atoms with van der Waals surface area (Å²) in [6.07, 6.45) is 0.660. The summed E-state index contributed by atoms with van der Waals surface area (Å²) < 4.78 is 6.54. The first-order valence-corrected chi connectivity index (χ1v) is 12.7. The van der Waals surface area contributed by atoms with E-state index in [1.165, 1.54) is 11.3 Å². The molecule has 0 radical (unpaired) electrons. The van der Waals surface area contributed by atoms with Gasteiger partial charge in [-0.2, -0.15) is 0 Å². The molecule has 4 N–H and O–H groups in total. The normalized spacial score (nSPS) is 10.7. The number of hydrogen-bond acceptors (Lipinski definition) is 5. The molecular weight excluding hydrogens is 534 g/mol. The van der Waals surface area contributed by atoms with E-state index >= 15 is 0 Å². The third-order valence-corrected chi connectivity index (χ3v) is 6.82. The average Bonchev–Trinajstić information content (AvgIpc) is 3.07. The number of benzene rings is 2. The van der Waals surface area contributed by atoms with E-state index in [2.05, 4.69) is 26.6 Å². The van der Waals surface area contributed by atoms with Gasteiger partial charge in [0.05, 0.1) is 17.7 Å². The van der Waals surface area contributed by atoms with Crippen molar-refractivity contribution in [1.82, 2.24) is 5.32 Å². The minimum Gasteiger partial charge on any atom is -0.492 e. The molecule has 0 aliphatic rings. The Labute approximate surface area is 217 Å². The van der Waals surface area contributed by atoms with Crippen molar-refractivity contribution >= 4 is 61.4 Å². The van der Waals surface area contributed by atoms with Crippen molar-refractivity contribution in [2.24, 2.45) is 11.7 Å². The number of primary amides is 1. The highest BCUT2D eigenvalue weighted by atomic mass is 79.9. The Bertz CT molecular complexity index is 1210. The van der Waals surface area contributed by atoms with Gasteiger partial charge in [0.15, 0.2) is 5.11 Å². The van der Waals surface area contributed by atoms with Gasteiger partial charge >= 0.3 is 0 Å². The van der Waals surface area contributed by atoms with Crippen LogP contribution in [0.4, 0.5) is 5.00 Å². The summed E-state index contributed by atoms with van der Waals surface area (Å²) in [5.41, 5.74) is 8.30. The summed E-state index contributed by atoms with van der Waals surface area (Å²) in [6.45, 7) is 6.40. The number of carbonyl (C=O) groups excluding carboxylic acids is 2. The molecule has 2 amide bonds. The fourth-order valence-electron chi connectivity index (χ4n) is 3.26. The van der Waals surface area contributed by atoms with Crippen molar-refractivity contribution in [2.45, 2.75) is 27.2 Å². The topological polar surface area (TPSA) is 93.4 Å². The van der Waals surface area contributed by atoms with Crippen molar-refractivity contribution in [2.75, 3.05) is 11.9 Å². The number of thiophene rings is 1. The summed E-state index contributed by atoms with van der Waals surface area (Å²) in [5.74, 6) is -0.203. The molecule has 0 saturated carbocycles. The fraction of sp³-hybridized carbons (Fsp3) is 0.240. The number of thiocarbonyl (C=S) groups is 1. The number of halogens is 1. The van der Waals surface area contributed by atoms with E-state index < -0.39 is 11.8 Å². The second-order valence-corrected chi connectivity index (χ2v) is 10.6. The first-order valence-electron chi connectivity index (χ1n) is 10.7. The van der Waals surface area contributed by atoms with Gasteiger partial charge < -0.3 is 15.8 Å². The minimum absolute atomic E-state index is 0.0646. The average molecular weight is 561 g/mol. The highest BCUT2D eigenvalue weighted by molar-refractivity contribution is 9.10. The molecule has 0 saturated heterocycles. The summed E-state index contributed by atoms with van der Waals surface area (Å²) in [6, 6.07) is 15.2. The van der Waals surface area contributed by atoms with Crippen LogP contribution < -0.4 is 21.1 Å². The van der Waals surface area contributed by atoms with Gasteiger partial charge in [0.25, 0.3) is 11.8 Å². The summed E-state index contributed by atoms with van der Waals surface area (Å²) >= 11 is 10.2. The number of carbonyl (C=O) groups is 2. The number of amides is 2. The molecule has 0 fully saturated rings. The maximum Gasteiger partial charge on any atom is 0.261 e. The van der Waals surface area contributed by atoms with Crippen molar-refractivity contribution in [3.05, 3.63) is 80.1 Å². The van der Waals surface area contributed by atoms with Gasteiger partial charge in [-0.3, -0.25) is 14.9 Å². The Morgan fingerprint density at radius 3 is 2.53 bits per heavy atom. The molecule has 1 heterocycles. The van der Waals surface area contributed by atoms with E-state index in [-0.39, 0.29) is 5.11 Å². The quantitative estimate of drug-likeness (QED) is 0.309. The molecule has 0 aliphatic carbocycles. The van der Waals surface area contributed by atoms with E-state index in [0.717, 1.165) is 20.5 Å². The molecule has 178 valence electrons. The van der Waals surface area contributed by atoms with Crippen molar-refractivity contribution < 1.29 is 14.3 Å². The van der Waals surface area contributed by atoms with Gasteiger partial charge in [-0.25, -0.2) is 0 Å². The molecule has 0 unspecified atom stereocenters. The minimum atomic E-state index is -0.555. The van der Waals surface area contributed by atoms with E-state index in [0.29, 0.717) is 40.8 Å². The van der Waals surface area contributed by atoms with Crippen LogP contribution in [0.25, 0.3) is 0 Å². The first-order chi connectivity index (χ1) is 16.2. The fourth-order valence-corrected chi connectivity index (χ4v) is 5.13. The lowest BCUT2D eigenvalue weighted by molar-refractivity contribution is 0.0971. The Morgan fingerprint density at radius 1 is 1.18 bits per heavy atom. The smallest absolute Gasteiger partial charge is 0.261 e. The number of rotatable bonds is 8. The molecule has 0 atom stereocenters. The van der Waals surface area contributed by atoms with Crippen LogP contribution in [-0.2, 0) is 6.42 Å². The Morgan fingerprint density at radius 2 is 1.88 bits per heavy atom. The summed E-state index contributed by atoms with van der Waals surface area (Å²) in [4.78, 5) is 26.1. The van der Waals surface area contributed by atoms with Crippen molar-refractivity contribution in [3.8, 4) is 5.75 Å². The highest BCUT2D eigenvalue weighted by Crippen LogP contribution is 2.34. The zero-order valence-electron chi connectivity index (χ0n) is 19.1. The van der Waals surface area contributed by atoms with Crippen LogP contribution in [0.2, 0.25) is 0 Å². The van der Waals surface area contributed by atoms with Crippen LogP contribution in [0.5, 0.6) is 5.75 Å². The Hall–Kier alpha value is -2.75. The Balaban J connectivity index is 1.78. The maximum atomic E-state index is 13.0. The zero-order valence-corrected chi connectivity index (χ0v) is 22.3. The molecule has 0 bridgehead atoms. The number of nitrogens with two attached hydrogens (primary N) is 1. The van der Waals surface area contributed by atoms with Crippen molar-refractivity contribution in [3.63, 3.8) is 0 Å². The summed E-state index contributed by atoms with van der Waals surface area (Å²) in [5, 5.41) is 6.24. The zero-order chi connectivity index (χ0) is 24.8. The first kappa shape index (κ1) is 25.9. The number of anilines is 1. The summed E-state index contributed by atoms with van der Waals surface area (Å²) in [7, 11) is 0. The van der Waals surface area contributed by atoms with Crippen LogP contribution in [-0.4, -0.2) is 23.5 Å². The number of hydrogen-bond donors (Lipinski definition) is 3. The van der Waals surface area contributed by atoms with Gasteiger partial charge in [-0.05, 0) is 54.4 Å². The van der Waals surface area contributed by atoms with Crippen molar-refractivity contribution in [1.29, 1.82) is 0 Å². The SMILES string of the molecule is Cc1c(Cc2ccccc2)sc(NC(=S)NC(=O)c2cc(Br)ccc2OCC(C)C)c1C(N)=O. The number of ether oxygens (including phenoxy) is 1. The molecular formula is C25H26BrN3O3S2. The molecule has 0 spiro atoms. The monoisotopic (exact) mass is 559 g/mol. The molecule has 1 aromatic heterocycles. The van der Waals surface area contributed by atoms with Crippen LogP contribution >= 0.6 is 39.5 Å². The van der Waals surface area contributed by atoms with Gasteiger partial charge in [0, 0.05) is 15.8 Å². The van der Waals surface area contributed by atoms with E-state index in [1.54, 1.807) is 12.1 Å².